The normalized spacial score (nSPS) is 19.2. The van der Waals surface area contributed by atoms with E-state index in [-0.39, 0.29) is 17.3 Å². The van der Waals surface area contributed by atoms with Gasteiger partial charge in [0, 0.05) is 44.3 Å². The number of aromatic nitrogens is 3. The van der Waals surface area contributed by atoms with Crippen molar-refractivity contribution in [3.8, 4) is 5.69 Å². The second-order valence-corrected chi connectivity index (χ2v) is 14.7. The van der Waals surface area contributed by atoms with Gasteiger partial charge in [0.2, 0.25) is 0 Å². The molecule has 0 unspecified atom stereocenters. The lowest BCUT2D eigenvalue weighted by atomic mass is 9.71. The van der Waals surface area contributed by atoms with Gasteiger partial charge in [-0.05, 0) is 104 Å². The van der Waals surface area contributed by atoms with Gasteiger partial charge >= 0.3 is 5.97 Å². The lowest BCUT2D eigenvalue weighted by molar-refractivity contribution is -0.141. The summed E-state index contributed by atoms with van der Waals surface area (Å²) in [5, 5.41) is 8.26. The number of hydrogen-bond acceptors (Lipinski definition) is 7. The van der Waals surface area contributed by atoms with E-state index in [1.807, 2.05) is 11.6 Å². The highest BCUT2D eigenvalue weighted by Gasteiger charge is 2.45. The van der Waals surface area contributed by atoms with Crippen molar-refractivity contribution in [3.05, 3.63) is 70.2 Å². The molecule has 5 heterocycles. The Labute approximate surface area is 263 Å². The number of pyridine rings is 1. The number of esters is 1. The first-order chi connectivity index (χ1) is 21.0. The molecule has 1 spiro atoms. The molecular formula is C36H50N6O2. The summed E-state index contributed by atoms with van der Waals surface area (Å²) in [5.41, 5.74) is 8.52. The van der Waals surface area contributed by atoms with Gasteiger partial charge in [-0.1, -0.05) is 32.9 Å². The molecule has 44 heavy (non-hydrogen) atoms. The molecule has 3 aromatic rings. The summed E-state index contributed by atoms with van der Waals surface area (Å²) < 4.78 is 7.22. The van der Waals surface area contributed by atoms with Gasteiger partial charge < -0.3 is 15.0 Å². The molecule has 1 atom stereocenters. The summed E-state index contributed by atoms with van der Waals surface area (Å²) in [6, 6.07) is 13.4. The van der Waals surface area contributed by atoms with E-state index >= 15 is 0 Å². The molecule has 3 aliphatic heterocycles. The van der Waals surface area contributed by atoms with Crippen molar-refractivity contribution >= 4 is 11.8 Å². The van der Waals surface area contributed by atoms with Gasteiger partial charge in [0.15, 0.2) is 0 Å². The molecule has 1 N–H and O–H groups in total. The molecule has 0 saturated carbocycles. The predicted octanol–water partition coefficient (Wildman–Crippen LogP) is 5.78. The second-order valence-electron chi connectivity index (χ2n) is 14.7. The Bertz CT molecular complexity index is 1490. The third-order valence-electron chi connectivity index (χ3n) is 10.0. The molecule has 0 radical (unpaired) electrons. The quantitative estimate of drug-likeness (QED) is 0.329. The van der Waals surface area contributed by atoms with Crippen LogP contribution in [0.2, 0.25) is 0 Å². The van der Waals surface area contributed by atoms with Gasteiger partial charge in [-0.15, -0.1) is 0 Å². The number of carbonyl (C=O) groups excluding carboxylic acids is 1. The van der Waals surface area contributed by atoms with Gasteiger partial charge in [0.1, 0.15) is 5.82 Å². The minimum Gasteiger partial charge on any atom is -0.469 e. The van der Waals surface area contributed by atoms with Gasteiger partial charge in [-0.3, -0.25) is 9.69 Å². The average molecular weight is 599 g/mol. The predicted molar refractivity (Wildman–Crippen MR) is 176 cm³/mol. The second kappa shape index (κ2) is 12.3. The number of anilines is 1. The minimum absolute atomic E-state index is 0.0323. The number of aryl methyl sites for hydroxylation is 3. The fraction of sp³-hybridized carbons (Fsp3) is 0.583. The van der Waals surface area contributed by atoms with Crippen molar-refractivity contribution in [3.63, 3.8) is 0 Å². The highest BCUT2D eigenvalue weighted by molar-refractivity contribution is 5.70. The number of piperidine rings is 1. The average Bonchev–Trinajstić information content (AvgIpc) is 3.33. The van der Waals surface area contributed by atoms with Gasteiger partial charge in [-0.2, -0.15) is 5.10 Å². The SMILES string of the molecule is COC(=O)C[C@H](CN1CCC2(CC1)CN(Cc1ccc3c(n1)NCCC3)C2)c1cc(-n2nc(C)cc2C)cc(C(C)(C)C)c1. The summed E-state index contributed by atoms with van der Waals surface area (Å²) >= 11 is 0. The molecule has 0 bridgehead atoms. The standard InChI is InChI=1S/C36H50N6O2/c1-25-16-26(2)42(39-25)32-18-28(17-30(20-32)35(3,4)5)29(19-33(43)44-6)21-40-14-11-36(12-15-40)23-41(24-36)22-31-10-9-27-8-7-13-37-34(27)38-31/h9-10,16-18,20,29H,7-8,11-15,19,21-24H2,1-6H3,(H,37,38)/t29-/m1/s1. The monoisotopic (exact) mass is 598 g/mol. The Morgan fingerprint density at radius 3 is 2.52 bits per heavy atom. The largest absolute Gasteiger partial charge is 0.469 e. The van der Waals surface area contributed by atoms with Crippen LogP contribution in [-0.2, 0) is 27.9 Å². The number of carbonyl (C=O) groups is 1. The molecule has 0 aliphatic carbocycles. The Balaban J connectivity index is 1.13. The van der Waals surface area contributed by atoms with Crippen LogP contribution in [0.5, 0.6) is 0 Å². The molecule has 3 aliphatic rings. The van der Waals surface area contributed by atoms with E-state index in [9.17, 15) is 4.79 Å². The van der Waals surface area contributed by atoms with Crippen molar-refractivity contribution in [1.29, 1.82) is 0 Å². The third-order valence-corrected chi connectivity index (χ3v) is 10.0. The van der Waals surface area contributed by atoms with Crippen molar-refractivity contribution < 1.29 is 9.53 Å². The van der Waals surface area contributed by atoms with E-state index in [4.69, 9.17) is 14.8 Å². The third kappa shape index (κ3) is 6.71. The maximum Gasteiger partial charge on any atom is 0.306 e. The van der Waals surface area contributed by atoms with Crippen molar-refractivity contribution in [2.24, 2.45) is 5.41 Å². The minimum atomic E-state index is -0.155. The number of nitrogens with one attached hydrogen (secondary N) is 1. The van der Waals surface area contributed by atoms with Crippen LogP contribution < -0.4 is 5.32 Å². The summed E-state index contributed by atoms with van der Waals surface area (Å²) in [5.74, 6) is 0.989. The zero-order chi connectivity index (χ0) is 31.1. The summed E-state index contributed by atoms with van der Waals surface area (Å²) in [6.45, 7) is 18.1. The number of fused-ring (bicyclic) bond motifs is 1. The molecule has 1 aromatic carbocycles. The summed E-state index contributed by atoms with van der Waals surface area (Å²) in [4.78, 5) is 22.7. The van der Waals surface area contributed by atoms with E-state index < -0.39 is 0 Å². The van der Waals surface area contributed by atoms with Crippen LogP contribution in [0.3, 0.4) is 0 Å². The van der Waals surface area contributed by atoms with E-state index in [0.29, 0.717) is 11.8 Å². The molecule has 236 valence electrons. The Kier molecular flexibility index (Phi) is 8.59. The van der Waals surface area contributed by atoms with Crippen molar-refractivity contribution in [1.82, 2.24) is 24.6 Å². The van der Waals surface area contributed by atoms with Crippen LogP contribution in [0.25, 0.3) is 5.69 Å². The Morgan fingerprint density at radius 2 is 1.84 bits per heavy atom. The van der Waals surface area contributed by atoms with E-state index in [2.05, 4.69) is 79.2 Å². The lowest BCUT2D eigenvalue weighted by Crippen LogP contribution is -2.60. The smallest absolute Gasteiger partial charge is 0.306 e. The number of ether oxygens (including phenoxy) is 1. The van der Waals surface area contributed by atoms with E-state index in [0.717, 1.165) is 75.1 Å². The zero-order valence-corrected chi connectivity index (χ0v) is 27.6. The molecule has 2 saturated heterocycles. The van der Waals surface area contributed by atoms with Crippen LogP contribution in [0.1, 0.15) is 86.1 Å². The van der Waals surface area contributed by atoms with Crippen molar-refractivity contribution in [2.45, 2.75) is 84.6 Å². The van der Waals surface area contributed by atoms with Gasteiger partial charge in [0.25, 0.3) is 0 Å². The Morgan fingerprint density at radius 1 is 1.07 bits per heavy atom. The molecule has 6 rings (SSSR count). The first kappa shape index (κ1) is 30.8. The lowest BCUT2D eigenvalue weighted by Gasteiger charge is -2.54. The molecule has 2 fully saturated rings. The van der Waals surface area contributed by atoms with Crippen LogP contribution in [0, 0.1) is 19.3 Å². The fourth-order valence-electron chi connectivity index (χ4n) is 7.43. The maximum atomic E-state index is 12.7. The van der Waals surface area contributed by atoms with Gasteiger partial charge in [0.05, 0.1) is 30.6 Å². The van der Waals surface area contributed by atoms with Crippen LogP contribution in [0.15, 0.2) is 36.4 Å². The van der Waals surface area contributed by atoms with E-state index in [1.54, 1.807) is 0 Å². The first-order valence-electron chi connectivity index (χ1n) is 16.4. The fourth-order valence-corrected chi connectivity index (χ4v) is 7.43. The molecule has 0 amide bonds. The molecule has 8 heteroatoms. The zero-order valence-electron chi connectivity index (χ0n) is 27.6. The topological polar surface area (TPSA) is 75.5 Å². The van der Waals surface area contributed by atoms with Crippen LogP contribution in [-0.4, -0.2) is 76.9 Å². The summed E-state index contributed by atoms with van der Waals surface area (Å²) in [6.07, 6.45) is 5.10. The number of likely N-dealkylation sites (tertiary alicyclic amines) is 2. The number of rotatable bonds is 8. The van der Waals surface area contributed by atoms with Crippen LogP contribution in [0.4, 0.5) is 5.82 Å². The molecular weight excluding hydrogens is 548 g/mol. The van der Waals surface area contributed by atoms with Crippen molar-refractivity contribution in [2.75, 3.05) is 51.7 Å². The first-order valence-corrected chi connectivity index (χ1v) is 16.4. The Hall–Kier alpha value is -3.23. The molecule has 2 aromatic heterocycles. The number of methoxy groups -OCH3 is 1. The highest BCUT2D eigenvalue weighted by Crippen LogP contribution is 2.42. The maximum absolute atomic E-state index is 12.7. The molecule has 8 nitrogen and oxygen atoms in total. The highest BCUT2D eigenvalue weighted by atomic mass is 16.5. The van der Waals surface area contributed by atoms with E-state index in [1.165, 1.54) is 48.8 Å². The van der Waals surface area contributed by atoms with Gasteiger partial charge in [-0.25, -0.2) is 9.67 Å². The summed E-state index contributed by atoms with van der Waals surface area (Å²) in [7, 11) is 1.50. The number of benzene rings is 1. The number of hydrogen-bond donors (Lipinski definition) is 1. The number of nitrogens with zero attached hydrogens (tertiary/aromatic N) is 5. The van der Waals surface area contributed by atoms with Crippen LogP contribution >= 0.6 is 0 Å².